The fourth-order valence-electron chi connectivity index (χ4n) is 4.97. The summed E-state index contributed by atoms with van der Waals surface area (Å²) in [5, 5.41) is 2.86. The summed E-state index contributed by atoms with van der Waals surface area (Å²) in [5.41, 5.74) is 7.48. The summed E-state index contributed by atoms with van der Waals surface area (Å²) in [4.78, 5) is 26.5. The Morgan fingerprint density at radius 1 is 0.914 bits per heavy atom. The lowest BCUT2D eigenvalue weighted by Crippen LogP contribution is -2.38. The topological polar surface area (TPSA) is 113 Å². The highest BCUT2D eigenvalue weighted by Crippen LogP contribution is 2.27. The Morgan fingerprint density at radius 2 is 1.51 bits per heavy atom. The molecule has 188 valence electrons. The van der Waals surface area contributed by atoms with Gasteiger partial charge in [-0.25, -0.2) is 8.42 Å². The smallest absolute Gasteiger partial charge is 0.255 e. The van der Waals surface area contributed by atoms with Crippen LogP contribution in [0.5, 0.6) is 0 Å². The number of sulfonamides is 1. The number of carbonyl (C=O) groups excluding carboxylic acids is 2. The average Bonchev–Trinajstić information content (AvgIpc) is 2.89. The van der Waals surface area contributed by atoms with E-state index in [0.29, 0.717) is 11.3 Å². The van der Waals surface area contributed by atoms with Crippen LogP contribution in [0.1, 0.15) is 55.3 Å². The molecule has 4 rings (SSSR count). The molecule has 2 aromatic carbocycles. The first-order valence-electron chi connectivity index (χ1n) is 12.3. The fourth-order valence-corrected chi connectivity index (χ4v) is 6.38. The van der Waals surface area contributed by atoms with Gasteiger partial charge in [-0.3, -0.25) is 9.59 Å². The number of piperidine rings is 1. The molecule has 3 N–H and O–H groups in total. The van der Waals surface area contributed by atoms with E-state index in [1.165, 1.54) is 16.4 Å². The van der Waals surface area contributed by atoms with Crippen LogP contribution in [0.4, 0.5) is 11.4 Å². The van der Waals surface area contributed by atoms with Crippen molar-refractivity contribution >= 4 is 33.2 Å². The van der Waals surface area contributed by atoms with Gasteiger partial charge in [-0.1, -0.05) is 19.3 Å². The zero-order valence-electron chi connectivity index (χ0n) is 20.2. The van der Waals surface area contributed by atoms with Crippen LogP contribution in [0.15, 0.2) is 53.4 Å². The molecule has 0 aromatic heterocycles. The molecule has 0 unspecified atom stereocenters. The summed E-state index contributed by atoms with van der Waals surface area (Å²) in [5.74, 6) is -0.590. The van der Waals surface area contributed by atoms with E-state index in [2.05, 4.69) is 10.2 Å². The minimum absolute atomic E-state index is 0.0363. The lowest BCUT2D eigenvalue weighted by Gasteiger charge is -2.32. The average molecular weight is 499 g/mol. The van der Waals surface area contributed by atoms with E-state index in [-0.39, 0.29) is 28.7 Å². The molecule has 1 heterocycles. The summed E-state index contributed by atoms with van der Waals surface area (Å²) in [6.45, 7) is 1.54. The molecule has 2 aliphatic rings. The van der Waals surface area contributed by atoms with Crippen LogP contribution in [0.25, 0.3) is 0 Å². The van der Waals surface area contributed by atoms with Crippen molar-refractivity contribution in [1.82, 2.24) is 4.31 Å². The van der Waals surface area contributed by atoms with Crippen LogP contribution in [-0.2, 0) is 14.8 Å². The molecule has 1 aliphatic carbocycles. The quantitative estimate of drug-likeness (QED) is 0.606. The summed E-state index contributed by atoms with van der Waals surface area (Å²) in [6.07, 6.45) is 6.54. The van der Waals surface area contributed by atoms with Crippen molar-refractivity contribution in [2.45, 2.75) is 55.9 Å². The third kappa shape index (κ3) is 5.85. The van der Waals surface area contributed by atoms with Crippen molar-refractivity contribution in [2.24, 2.45) is 11.7 Å². The molecule has 1 saturated heterocycles. The van der Waals surface area contributed by atoms with E-state index in [1.807, 2.05) is 24.3 Å². The van der Waals surface area contributed by atoms with Crippen LogP contribution in [0.2, 0.25) is 0 Å². The van der Waals surface area contributed by atoms with Gasteiger partial charge in [-0.2, -0.15) is 4.31 Å². The third-order valence-corrected chi connectivity index (χ3v) is 9.19. The number of carbonyl (C=O) groups is 2. The Hall–Kier alpha value is -2.91. The fraction of sp³-hybridized carbons (Fsp3) is 0.462. The van der Waals surface area contributed by atoms with Gasteiger partial charge in [0.15, 0.2) is 0 Å². The molecule has 0 spiro atoms. The number of nitrogens with one attached hydrogen (secondary N) is 1. The molecule has 0 bridgehead atoms. The standard InChI is InChI=1S/C26H34N4O4S/c1-29(22-5-3-2-4-6-22)35(33,34)24-13-7-20(8-14-24)26(32)28-21-9-11-23(12-10-21)30-17-15-19(16-18-30)25(27)31/h7-14,19,22H,2-6,15-18H2,1H3,(H2,27,31)(H,28,32). The molecule has 8 nitrogen and oxygen atoms in total. The predicted octanol–water partition coefficient (Wildman–Crippen LogP) is 3.59. The van der Waals surface area contributed by atoms with E-state index < -0.39 is 10.0 Å². The van der Waals surface area contributed by atoms with Crippen LogP contribution >= 0.6 is 0 Å². The molecule has 2 fully saturated rings. The van der Waals surface area contributed by atoms with Gasteiger partial charge in [0, 0.05) is 49.0 Å². The number of nitrogens with two attached hydrogens (primary N) is 1. The van der Waals surface area contributed by atoms with Crippen LogP contribution in [0, 0.1) is 5.92 Å². The Kier molecular flexibility index (Phi) is 7.76. The molecule has 35 heavy (non-hydrogen) atoms. The van der Waals surface area contributed by atoms with Gasteiger partial charge in [0.1, 0.15) is 0 Å². The highest BCUT2D eigenvalue weighted by Gasteiger charge is 2.29. The van der Waals surface area contributed by atoms with Gasteiger partial charge in [-0.15, -0.1) is 0 Å². The van der Waals surface area contributed by atoms with Gasteiger partial charge in [-0.05, 0) is 74.2 Å². The summed E-state index contributed by atoms with van der Waals surface area (Å²) in [7, 11) is -1.94. The third-order valence-electron chi connectivity index (χ3n) is 7.27. The molecular formula is C26H34N4O4S. The number of amides is 2. The van der Waals surface area contributed by atoms with E-state index in [0.717, 1.165) is 63.7 Å². The van der Waals surface area contributed by atoms with Crippen molar-refractivity contribution in [2.75, 3.05) is 30.4 Å². The zero-order chi connectivity index (χ0) is 25.0. The van der Waals surface area contributed by atoms with Gasteiger partial charge in [0.05, 0.1) is 4.90 Å². The maximum Gasteiger partial charge on any atom is 0.255 e. The van der Waals surface area contributed by atoms with Crippen molar-refractivity contribution in [3.05, 3.63) is 54.1 Å². The molecule has 1 saturated carbocycles. The summed E-state index contributed by atoms with van der Waals surface area (Å²) >= 11 is 0. The highest BCUT2D eigenvalue weighted by molar-refractivity contribution is 7.89. The van der Waals surface area contributed by atoms with Gasteiger partial charge >= 0.3 is 0 Å². The molecule has 2 amide bonds. The molecule has 0 atom stereocenters. The molecule has 9 heteroatoms. The van der Waals surface area contributed by atoms with Crippen molar-refractivity contribution < 1.29 is 18.0 Å². The van der Waals surface area contributed by atoms with Crippen molar-refractivity contribution in [3.63, 3.8) is 0 Å². The molecule has 1 aliphatic heterocycles. The Bertz CT molecular complexity index is 1130. The first-order valence-corrected chi connectivity index (χ1v) is 13.7. The van der Waals surface area contributed by atoms with E-state index in [4.69, 9.17) is 5.73 Å². The highest BCUT2D eigenvalue weighted by atomic mass is 32.2. The van der Waals surface area contributed by atoms with Crippen molar-refractivity contribution in [1.29, 1.82) is 0 Å². The van der Waals surface area contributed by atoms with Gasteiger partial charge in [0.2, 0.25) is 15.9 Å². The Morgan fingerprint density at radius 3 is 2.09 bits per heavy atom. The van der Waals surface area contributed by atoms with Crippen molar-refractivity contribution in [3.8, 4) is 0 Å². The molecule has 2 aromatic rings. The number of anilines is 2. The first-order chi connectivity index (χ1) is 16.8. The number of hydrogen-bond acceptors (Lipinski definition) is 5. The minimum atomic E-state index is -3.59. The number of primary amides is 1. The normalized spacial score (nSPS) is 17.9. The maximum atomic E-state index is 13.0. The zero-order valence-corrected chi connectivity index (χ0v) is 21.0. The number of rotatable bonds is 7. The monoisotopic (exact) mass is 498 g/mol. The minimum Gasteiger partial charge on any atom is -0.371 e. The first kappa shape index (κ1) is 25.2. The second kappa shape index (κ2) is 10.8. The maximum absolute atomic E-state index is 13.0. The summed E-state index contributed by atoms with van der Waals surface area (Å²) < 4.78 is 27.5. The Balaban J connectivity index is 1.35. The SMILES string of the molecule is CN(C1CCCCC1)S(=O)(=O)c1ccc(C(=O)Nc2ccc(N3CCC(C(N)=O)CC3)cc2)cc1. The van der Waals surface area contributed by atoms with E-state index >= 15 is 0 Å². The second-order valence-corrected chi connectivity index (χ2v) is 11.5. The van der Waals surface area contributed by atoms with Gasteiger partial charge < -0.3 is 16.0 Å². The Labute approximate surface area is 207 Å². The van der Waals surface area contributed by atoms with E-state index in [9.17, 15) is 18.0 Å². The number of nitrogens with zero attached hydrogens (tertiary/aromatic N) is 2. The van der Waals surface area contributed by atoms with Gasteiger partial charge in [0.25, 0.3) is 5.91 Å². The number of hydrogen-bond donors (Lipinski definition) is 2. The largest absolute Gasteiger partial charge is 0.371 e. The predicted molar refractivity (Wildman–Crippen MR) is 137 cm³/mol. The molecule has 0 radical (unpaired) electrons. The van der Waals surface area contributed by atoms with E-state index in [1.54, 1.807) is 19.2 Å². The number of benzene rings is 2. The van der Waals surface area contributed by atoms with Crippen LogP contribution < -0.4 is 16.0 Å². The summed E-state index contributed by atoms with van der Waals surface area (Å²) in [6, 6.07) is 13.7. The second-order valence-electron chi connectivity index (χ2n) is 9.50. The van der Waals surface area contributed by atoms with Crippen LogP contribution in [0.3, 0.4) is 0 Å². The van der Waals surface area contributed by atoms with Crippen LogP contribution in [-0.4, -0.2) is 50.7 Å². The lowest BCUT2D eigenvalue weighted by atomic mass is 9.96. The lowest BCUT2D eigenvalue weighted by molar-refractivity contribution is -0.122. The molecular weight excluding hydrogens is 464 g/mol.